The fraction of sp³-hybridized carbons (Fsp3) is 0.231. The SMILES string of the molecule is CC1(C)C=Cc2cccc(O)c2C=C1. The Bertz CT molecular complexity index is 411. The summed E-state index contributed by atoms with van der Waals surface area (Å²) in [6, 6.07) is 5.59. The highest BCUT2D eigenvalue weighted by Gasteiger charge is 2.13. The van der Waals surface area contributed by atoms with Crippen molar-refractivity contribution < 1.29 is 5.11 Å². The van der Waals surface area contributed by atoms with E-state index in [0.717, 1.165) is 11.1 Å². The lowest BCUT2D eigenvalue weighted by Gasteiger charge is -2.12. The van der Waals surface area contributed by atoms with Gasteiger partial charge in [-0.3, -0.25) is 0 Å². The van der Waals surface area contributed by atoms with Gasteiger partial charge in [-0.05, 0) is 11.6 Å². The minimum absolute atomic E-state index is 0.0610. The van der Waals surface area contributed by atoms with Crippen LogP contribution in [0.3, 0.4) is 0 Å². The highest BCUT2D eigenvalue weighted by Crippen LogP contribution is 2.31. The normalized spacial score (nSPS) is 17.6. The molecule has 0 amide bonds. The summed E-state index contributed by atoms with van der Waals surface area (Å²) in [5.74, 6) is 0.348. The lowest BCUT2D eigenvalue weighted by molar-refractivity contribution is 0.474. The third-order valence-electron chi connectivity index (χ3n) is 2.49. The molecule has 0 fully saturated rings. The zero-order valence-corrected chi connectivity index (χ0v) is 8.49. The Kier molecular flexibility index (Phi) is 1.95. The molecule has 0 saturated heterocycles. The lowest BCUT2D eigenvalue weighted by Crippen LogP contribution is -1.99. The van der Waals surface area contributed by atoms with Gasteiger partial charge in [0.2, 0.25) is 0 Å². The van der Waals surface area contributed by atoms with Gasteiger partial charge in [0.15, 0.2) is 0 Å². The molecule has 0 saturated carbocycles. The van der Waals surface area contributed by atoms with E-state index < -0.39 is 0 Å². The Morgan fingerprint density at radius 2 is 1.79 bits per heavy atom. The zero-order chi connectivity index (χ0) is 10.2. The molecule has 1 heteroatoms. The Balaban J connectivity index is 2.60. The highest BCUT2D eigenvalue weighted by molar-refractivity contribution is 5.72. The zero-order valence-electron chi connectivity index (χ0n) is 8.49. The van der Waals surface area contributed by atoms with E-state index in [1.54, 1.807) is 6.07 Å². The molecule has 1 N–H and O–H groups in total. The highest BCUT2D eigenvalue weighted by atomic mass is 16.3. The molecular weight excluding hydrogens is 172 g/mol. The van der Waals surface area contributed by atoms with Gasteiger partial charge in [-0.15, -0.1) is 0 Å². The molecule has 0 aromatic heterocycles. The van der Waals surface area contributed by atoms with Gasteiger partial charge < -0.3 is 5.11 Å². The van der Waals surface area contributed by atoms with E-state index in [1.165, 1.54) is 0 Å². The van der Waals surface area contributed by atoms with Gasteiger partial charge in [0.05, 0.1) is 0 Å². The van der Waals surface area contributed by atoms with E-state index in [9.17, 15) is 5.11 Å². The number of fused-ring (bicyclic) bond motifs is 1. The molecule has 0 radical (unpaired) electrons. The van der Waals surface area contributed by atoms with Crippen molar-refractivity contribution in [1.29, 1.82) is 0 Å². The smallest absolute Gasteiger partial charge is 0.123 e. The molecule has 0 aliphatic heterocycles. The second kappa shape index (κ2) is 3.02. The van der Waals surface area contributed by atoms with Crippen LogP contribution in [0.2, 0.25) is 0 Å². The lowest BCUT2D eigenvalue weighted by atomic mass is 9.93. The first-order valence-corrected chi connectivity index (χ1v) is 4.79. The van der Waals surface area contributed by atoms with Crippen molar-refractivity contribution >= 4 is 12.2 Å². The maximum atomic E-state index is 9.67. The molecule has 1 aromatic carbocycles. The summed E-state index contributed by atoms with van der Waals surface area (Å²) in [6.45, 7) is 4.28. The first kappa shape index (κ1) is 9.07. The van der Waals surface area contributed by atoms with Gasteiger partial charge in [0.25, 0.3) is 0 Å². The van der Waals surface area contributed by atoms with E-state index in [4.69, 9.17) is 0 Å². The second-order valence-corrected chi connectivity index (χ2v) is 4.27. The Morgan fingerprint density at radius 1 is 1.07 bits per heavy atom. The molecule has 0 spiro atoms. The van der Waals surface area contributed by atoms with Crippen molar-refractivity contribution in [3.63, 3.8) is 0 Å². The maximum absolute atomic E-state index is 9.67. The number of allylic oxidation sites excluding steroid dienone is 2. The van der Waals surface area contributed by atoms with Crippen molar-refractivity contribution in [3.8, 4) is 5.75 Å². The van der Waals surface area contributed by atoms with Gasteiger partial charge in [0.1, 0.15) is 5.75 Å². The molecule has 14 heavy (non-hydrogen) atoms. The molecule has 0 atom stereocenters. The van der Waals surface area contributed by atoms with Crippen LogP contribution >= 0.6 is 0 Å². The number of benzene rings is 1. The largest absolute Gasteiger partial charge is 0.507 e. The summed E-state index contributed by atoms with van der Waals surface area (Å²) in [5, 5.41) is 9.67. The van der Waals surface area contributed by atoms with E-state index in [0.29, 0.717) is 5.75 Å². The minimum Gasteiger partial charge on any atom is -0.507 e. The minimum atomic E-state index is 0.0610. The van der Waals surface area contributed by atoms with Crippen molar-refractivity contribution in [3.05, 3.63) is 41.5 Å². The molecule has 0 bridgehead atoms. The van der Waals surface area contributed by atoms with Gasteiger partial charge in [0, 0.05) is 11.0 Å². The van der Waals surface area contributed by atoms with Gasteiger partial charge in [-0.1, -0.05) is 50.3 Å². The molecular formula is C13H14O. The van der Waals surface area contributed by atoms with Crippen LogP contribution in [0.4, 0.5) is 0 Å². The third kappa shape index (κ3) is 1.58. The van der Waals surface area contributed by atoms with Crippen LogP contribution in [0.1, 0.15) is 25.0 Å². The fourth-order valence-electron chi connectivity index (χ4n) is 1.56. The van der Waals surface area contributed by atoms with E-state index in [-0.39, 0.29) is 5.41 Å². The van der Waals surface area contributed by atoms with Gasteiger partial charge >= 0.3 is 0 Å². The summed E-state index contributed by atoms with van der Waals surface area (Å²) < 4.78 is 0. The number of phenols is 1. The summed E-state index contributed by atoms with van der Waals surface area (Å²) in [6.07, 6.45) is 8.31. The van der Waals surface area contributed by atoms with Crippen molar-refractivity contribution in [2.45, 2.75) is 13.8 Å². The molecule has 1 aliphatic rings. The van der Waals surface area contributed by atoms with E-state index in [2.05, 4.69) is 32.1 Å². The topological polar surface area (TPSA) is 20.2 Å². The molecule has 0 unspecified atom stereocenters. The average molecular weight is 186 g/mol. The predicted molar refractivity (Wildman–Crippen MR) is 60.0 cm³/mol. The third-order valence-corrected chi connectivity index (χ3v) is 2.49. The summed E-state index contributed by atoms with van der Waals surface area (Å²) in [5.41, 5.74) is 2.05. The van der Waals surface area contributed by atoms with Crippen LogP contribution < -0.4 is 0 Å². The molecule has 1 nitrogen and oxygen atoms in total. The predicted octanol–water partition coefficient (Wildman–Crippen LogP) is 3.46. The monoisotopic (exact) mass is 186 g/mol. The Labute approximate surface area is 84.4 Å². The van der Waals surface area contributed by atoms with Gasteiger partial charge in [-0.25, -0.2) is 0 Å². The number of hydrogen-bond donors (Lipinski definition) is 1. The molecule has 72 valence electrons. The number of aromatic hydroxyl groups is 1. The van der Waals surface area contributed by atoms with Crippen LogP contribution in [-0.2, 0) is 0 Å². The maximum Gasteiger partial charge on any atom is 0.123 e. The average Bonchev–Trinajstić information content (AvgIpc) is 2.27. The molecule has 0 heterocycles. The quantitative estimate of drug-likeness (QED) is 0.657. The molecule has 1 aromatic rings. The first-order valence-electron chi connectivity index (χ1n) is 4.79. The number of rotatable bonds is 0. The summed E-state index contributed by atoms with van der Waals surface area (Å²) >= 11 is 0. The second-order valence-electron chi connectivity index (χ2n) is 4.27. The summed E-state index contributed by atoms with van der Waals surface area (Å²) in [4.78, 5) is 0. The molecule has 1 aliphatic carbocycles. The van der Waals surface area contributed by atoms with Crippen molar-refractivity contribution in [2.75, 3.05) is 0 Å². The van der Waals surface area contributed by atoms with Crippen molar-refractivity contribution in [1.82, 2.24) is 0 Å². The van der Waals surface area contributed by atoms with Gasteiger partial charge in [-0.2, -0.15) is 0 Å². The van der Waals surface area contributed by atoms with Crippen LogP contribution in [0.25, 0.3) is 12.2 Å². The van der Waals surface area contributed by atoms with Crippen molar-refractivity contribution in [2.24, 2.45) is 5.41 Å². The fourth-order valence-corrected chi connectivity index (χ4v) is 1.56. The van der Waals surface area contributed by atoms with Crippen LogP contribution in [-0.4, -0.2) is 5.11 Å². The first-order chi connectivity index (χ1) is 6.58. The standard InChI is InChI=1S/C13H14O/c1-13(2)8-6-10-4-3-5-12(14)11(10)7-9-13/h3-9,14H,1-2H3. The number of phenolic OH excluding ortho intramolecular Hbond substituents is 1. The Hall–Kier alpha value is -1.50. The molecule has 2 rings (SSSR count). The van der Waals surface area contributed by atoms with Crippen LogP contribution in [0.15, 0.2) is 30.4 Å². The summed E-state index contributed by atoms with van der Waals surface area (Å²) in [7, 11) is 0. The van der Waals surface area contributed by atoms with E-state index in [1.807, 2.05) is 18.2 Å². The van der Waals surface area contributed by atoms with Crippen LogP contribution in [0.5, 0.6) is 5.75 Å². The number of hydrogen-bond acceptors (Lipinski definition) is 1. The van der Waals surface area contributed by atoms with Crippen LogP contribution in [0, 0.1) is 5.41 Å². The Morgan fingerprint density at radius 3 is 2.57 bits per heavy atom. The van der Waals surface area contributed by atoms with E-state index >= 15 is 0 Å².